The molecule has 7 heteroatoms. The van der Waals surface area contributed by atoms with E-state index in [0.717, 1.165) is 47.8 Å². The van der Waals surface area contributed by atoms with Gasteiger partial charge in [0.1, 0.15) is 0 Å². The van der Waals surface area contributed by atoms with Gasteiger partial charge in [0.25, 0.3) is 5.91 Å². The minimum atomic E-state index is -0.464. The van der Waals surface area contributed by atoms with Crippen LogP contribution in [-0.2, 0) is 31.8 Å². The van der Waals surface area contributed by atoms with E-state index in [0.29, 0.717) is 31.9 Å². The van der Waals surface area contributed by atoms with Gasteiger partial charge in [-0.25, -0.2) is 4.79 Å². The molecule has 0 N–H and O–H groups in total. The first-order valence-corrected chi connectivity index (χ1v) is 9.99. The average molecular weight is 400 g/mol. The highest BCUT2D eigenvalue weighted by molar-refractivity contribution is 6.05. The number of pyridine rings is 1. The molecule has 0 unspecified atom stereocenters. The minimum absolute atomic E-state index is 0.264. The third kappa shape index (κ3) is 5.10. The molecule has 2 aromatic rings. The third-order valence-electron chi connectivity index (χ3n) is 5.18. The highest BCUT2D eigenvalue weighted by Gasteiger charge is 2.24. The van der Waals surface area contributed by atoms with Crippen molar-refractivity contribution in [2.45, 2.75) is 25.7 Å². The van der Waals surface area contributed by atoms with Crippen molar-refractivity contribution in [3.05, 3.63) is 41.1 Å². The Morgan fingerprint density at radius 3 is 2.45 bits per heavy atom. The second kappa shape index (κ2) is 10.3. The topological polar surface area (TPSA) is 78.0 Å². The summed E-state index contributed by atoms with van der Waals surface area (Å²) in [7, 11) is 3.16. The summed E-state index contributed by atoms with van der Waals surface area (Å²) in [5, 5.41) is 0.779. The summed E-state index contributed by atoms with van der Waals surface area (Å²) in [4.78, 5) is 31.9. The van der Waals surface area contributed by atoms with Gasteiger partial charge in [-0.2, -0.15) is 0 Å². The van der Waals surface area contributed by atoms with Crippen molar-refractivity contribution in [3.8, 4) is 0 Å². The molecule has 1 aliphatic carbocycles. The van der Waals surface area contributed by atoms with Crippen LogP contribution in [0.15, 0.2) is 24.3 Å². The molecular weight excluding hydrogens is 372 g/mol. The largest absolute Gasteiger partial charge is 0.452 e. The molecule has 1 aromatic carbocycles. The Morgan fingerprint density at radius 2 is 1.72 bits per heavy atom. The molecule has 0 aliphatic heterocycles. The number of fused-ring (bicyclic) bond motifs is 2. The van der Waals surface area contributed by atoms with Gasteiger partial charge in [-0.05, 0) is 37.3 Å². The molecule has 1 heterocycles. The first-order chi connectivity index (χ1) is 14.2. The number of benzene rings is 1. The minimum Gasteiger partial charge on any atom is -0.452 e. The first-order valence-electron chi connectivity index (χ1n) is 9.99. The molecule has 0 saturated carbocycles. The van der Waals surface area contributed by atoms with Crippen molar-refractivity contribution in [3.63, 3.8) is 0 Å². The van der Waals surface area contributed by atoms with E-state index in [1.54, 1.807) is 19.1 Å². The Bertz CT molecular complexity index is 860. The Hall–Kier alpha value is -2.51. The van der Waals surface area contributed by atoms with Gasteiger partial charge in [0.2, 0.25) is 0 Å². The lowest BCUT2D eigenvalue weighted by Gasteiger charge is -2.23. The second-order valence-corrected chi connectivity index (χ2v) is 7.08. The molecule has 0 fully saturated rings. The van der Waals surface area contributed by atoms with E-state index < -0.39 is 5.97 Å². The summed E-state index contributed by atoms with van der Waals surface area (Å²) >= 11 is 0. The van der Waals surface area contributed by atoms with E-state index in [1.165, 1.54) is 0 Å². The van der Waals surface area contributed by atoms with Gasteiger partial charge < -0.3 is 19.1 Å². The van der Waals surface area contributed by atoms with Crippen LogP contribution in [0.25, 0.3) is 10.9 Å². The van der Waals surface area contributed by atoms with Gasteiger partial charge in [0.15, 0.2) is 6.61 Å². The highest BCUT2D eigenvalue weighted by atomic mass is 16.5. The van der Waals surface area contributed by atoms with E-state index >= 15 is 0 Å². The fourth-order valence-corrected chi connectivity index (χ4v) is 3.66. The van der Waals surface area contributed by atoms with Gasteiger partial charge >= 0.3 is 5.97 Å². The zero-order valence-electron chi connectivity index (χ0n) is 17.1. The summed E-state index contributed by atoms with van der Waals surface area (Å²) < 4.78 is 15.6. The molecule has 0 bridgehead atoms. The van der Waals surface area contributed by atoms with Crippen LogP contribution in [0, 0.1) is 0 Å². The molecule has 0 spiro atoms. The maximum absolute atomic E-state index is 13.0. The van der Waals surface area contributed by atoms with Crippen molar-refractivity contribution in [1.29, 1.82) is 0 Å². The zero-order valence-corrected chi connectivity index (χ0v) is 17.1. The fourth-order valence-electron chi connectivity index (χ4n) is 3.66. The molecule has 0 saturated heterocycles. The van der Waals surface area contributed by atoms with Crippen LogP contribution in [-0.4, -0.2) is 68.9 Å². The maximum atomic E-state index is 13.0. The van der Waals surface area contributed by atoms with Gasteiger partial charge in [-0.15, -0.1) is 0 Å². The van der Waals surface area contributed by atoms with Crippen molar-refractivity contribution >= 4 is 22.8 Å². The van der Waals surface area contributed by atoms with Crippen LogP contribution >= 0.6 is 0 Å². The molecule has 1 aliphatic rings. The predicted molar refractivity (Wildman–Crippen MR) is 109 cm³/mol. The second-order valence-electron chi connectivity index (χ2n) is 7.08. The number of hydrogen-bond donors (Lipinski definition) is 0. The van der Waals surface area contributed by atoms with E-state index in [9.17, 15) is 9.59 Å². The Labute approximate surface area is 170 Å². The third-order valence-corrected chi connectivity index (χ3v) is 5.18. The standard InChI is InChI=1S/C22H28N2O5/c1-27-13-11-24(12-14-28-2)20(25)15-29-22(26)21-16-7-3-5-9-18(16)23-19-10-6-4-8-17(19)21/h3,5,7,9H,4,6,8,10-15H2,1-2H3. The number of nitrogens with zero attached hydrogens (tertiary/aromatic N) is 2. The van der Waals surface area contributed by atoms with Crippen LogP contribution in [0.2, 0.25) is 0 Å². The number of para-hydroxylation sites is 1. The number of aromatic nitrogens is 1. The van der Waals surface area contributed by atoms with Crippen molar-refractivity contribution < 1.29 is 23.8 Å². The molecule has 0 radical (unpaired) electrons. The number of carbonyl (C=O) groups is 2. The van der Waals surface area contributed by atoms with Crippen LogP contribution in [0.3, 0.4) is 0 Å². The first kappa shape index (κ1) is 21.2. The molecule has 1 aromatic heterocycles. The van der Waals surface area contributed by atoms with E-state index in [-0.39, 0.29) is 12.5 Å². The number of amides is 1. The van der Waals surface area contributed by atoms with Gasteiger partial charge in [0.05, 0.1) is 24.3 Å². The number of aryl methyl sites for hydroxylation is 1. The number of rotatable bonds is 9. The number of methoxy groups -OCH3 is 2. The number of esters is 1. The molecule has 3 rings (SSSR count). The molecule has 7 nitrogen and oxygen atoms in total. The monoisotopic (exact) mass is 400 g/mol. The molecule has 156 valence electrons. The van der Waals surface area contributed by atoms with Crippen LogP contribution in [0.4, 0.5) is 0 Å². The van der Waals surface area contributed by atoms with Crippen molar-refractivity contribution in [1.82, 2.24) is 9.88 Å². The van der Waals surface area contributed by atoms with E-state index in [2.05, 4.69) is 0 Å². The van der Waals surface area contributed by atoms with E-state index in [1.807, 2.05) is 24.3 Å². The fraction of sp³-hybridized carbons (Fsp3) is 0.500. The lowest BCUT2D eigenvalue weighted by Crippen LogP contribution is -2.39. The summed E-state index contributed by atoms with van der Waals surface area (Å²) in [6.07, 6.45) is 3.76. The average Bonchev–Trinajstić information content (AvgIpc) is 2.75. The SMILES string of the molecule is COCCN(CCOC)C(=O)COC(=O)c1c2c(nc3ccccc13)CCCC2. The molecule has 29 heavy (non-hydrogen) atoms. The van der Waals surface area contributed by atoms with Crippen LogP contribution < -0.4 is 0 Å². The lowest BCUT2D eigenvalue weighted by atomic mass is 9.90. The Balaban J connectivity index is 1.78. The van der Waals surface area contributed by atoms with Gasteiger partial charge in [-0.3, -0.25) is 9.78 Å². The molecule has 0 atom stereocenters. The zero-order chi connectivity index (χ0) is 20.6. The normalized spacial score (nSPS) is 13.2. The molecular formula is C22H28N2O5. The smallest absolute Gasteiger partial charge is 0.339 e. The quantitative estimate of drug-likeness (QED) is 0.602. The van der Waals surface area contributed by atoms with Crippen LogP contribution in [0.5, 0.6) is 0 Å². The van der Waals surface area contributed by atoms with Crippen molar-refractivity contribution in [2.75, 3.05) is 47.1 Å². The van der Waals surface area contributed by atoms with Gasteiger partial charge in [0, 0.05) is 38.4 Å². The number of ether oxygens (including phenoxy) is 3. The predicted octanol–water partition coefficient (Wildman–Crippen LogP) is 2.39. The van der Waals surface area contributed by atoms with E-state index in [4.69, 9.17) is 19.2 Å². The lowest BCUT2D eigenvalue weighted by molar-refractivity contribution is -0.135. The maximum Gasteiger partial charge on any atom is 0.339 e. The summed E-state index contributed by atoms with van der Waals surface area (Å²) in [6.45, 7) is 1.35. The Morgan fingerprint density at radius 1 is 1.03 bits per heavy atom. The van der Waals surface area contributed by atoms with Gasteiger partial charge in [-0.1, -0.05) is 18.2 Å². The Kier molecular flexibility index (Phi) is 7.55. The number of hydrogen-bond acceptors (Lipinski definition) is 6. The summed E-state index contributed by atoms with van der Waals surface area (Å²) in [5.41, 5.74) is 3.27. The molecule has 1 amide bonds. The summed E-state index contributed by atoms with van der Waals surface area (Å²) in [6, 6.07) is 7.59. The number of carbonyl (C=O) groups excluding carboxylic acids is 2. The van der Waals surface area contributed by atoms with Crippen LogP contribution in [0.1, 0.15) is 34.5 Å². The highest BCUT2D eigenvalue weighted by Crippen LogP contribution is 2.29. The summed E-state index contributed by atoms with van der Waals surface area (Å²) in [5.74, 6) is -0.729. The van der Waals surface area contributed by atoms with Crippen molar-refractivity contribution in [2.24, 2.45) is 0 Å².